The van der Waals surface area contributed by atoms with Crippen LogP contribution in [0.25, 0.3) is 10.7 Å². The molecule has 22 heavy (non-hydrogen) atoms. The number of nitrogens with one attached hydrogen (secondary N) is 1. The number of thiophene rings is 1. The molecule has 0 bridgehead atoms. The summed E-state index contributed by atoms with van der Waals surface area (Å²) in [5.74, 6) is 0. The highest BCUT2D eigenvalue weighted by Gasteiger charge is 2.20. The Morgan fingerprint density at radius 2 is 2.23 bits per heavy atom. The van der Waals surface area contributed by atoms with Crippen LogP contribution >= 0.6 is 22.7 Å². The summed E-state index contributed by atoms with van der Waals surface area (Å²) in [6.45, 7) is 0.823. The first-order valence-corrected chi connectivity index (χ1v) is 9.31. The number of hydrogen-bond donors (Lipinski definition) is 1. The summed E-state index contributed by atoms with van der Waals surface area (Å²) in [5.41, 5.74) is 3.56. The van der Waals surface area contributed by atoms with Gasteiger partial charge < -0.3 is 5.32 Å². The summed E-state index contributed by atoms with van der Waals surface area (Å²) in [7, 11) is 0. The van der Waals surface area contributed by atoms with E-state index in [-0.39, 0.29) is 0 Å². The van der Waals surface area contributed by atoms with Crippen molar-refractivity contribution in [3.8, 4) is 10.7 Å². The molecule has 0 saturated carbocycles. The fourth-order valence-corrected chi connectivity index (χ4v) is 4.70. The van der Waals surface area contributed by atoms with Gasteiger partial charge in [0.1, 0.15) is 5.01 Å². The van der Waals surface area contributed by atoms with Gasteiger partial charge in [0.05, 0.1) is 11.4 Å². The number of hydrogen-bond acceptors (Lipinski definition) is 5. The Labute approximate surface area is 138 Å². The molecule has 3 heterocycles. The number of nitrogens with zero attached hydrogens (tertiary/aromatic N) is 2. The zero-order valence-corrected chi connectivity index (χ0v) is 13.8. The molecule has 3 nitrogen and oxygen atoms in total. The van der Waals surface area contributed by atoms with Crippen LogP contribution in [-0.2, 0) is 13.0 Å². The first-order chi connectivity index (χ1) is 10.9. The Kier molecular flexibility index (Phi) is 4.01. The normalized spacial score (nSPS) is 17.4. The molecule has 4 rings (SSSR count). The first-order valence-electron chi connectivity index (χ1n) is 7.55. The van der Waals surface area contributed by atoms with Gasteiger partial charge in [-0.15, -0.1) is 22.7 Å². The summed E-state index contributed by atoms with van der Waals surface area (Å²) >= 11 is 3.56. The van der Waals surface area contributed by atoms with Crippen molar-refractivity contribution in [2.45, 2.75) is 31.8 Å². The van der Waals surface area contributed by atoms with Gasteiger partial charge in [-0.05, 0) is 48.4 Å². The minimum Gasteiger partial charge on any atom is -0.304 e. The predicted octanol–water partition coefficient (Wildman–Crippen LogP) is 4.43. The number of rotatable bonds is 4. The molecular weight excluding hydrogens is 310 g/mol. The second-order valence-corrected chi connectivity index (χ2v) is 7.34. The van der Waals surface area contributed by atoms with Gasteiger partial charge in [-0.2, -0.15) is 0 Å². The van der Waals surface area contributed by atoms with Crippen molar-refractivity contribution in [3.63, 3.8) is 0 Å². The number of fused-ring (bicyclic) bond motifs is 1. The maximum atomic E-state index is 4.70. The predicted molar refractivity (Wildman–Crippen MR) is 92.2 cm³/mol. The van der Waals surface area contributed by atoms with Gasteiger partial charge in [0, 0.05) is 29.0 Å². The summed E-state index contributed by atoms with van der Waals surface area (Å²) in [5, 5.41) is 9.02. The number of thiazole rings is 1. The van der Waals surface area contributed by atoms with Crippen LogP contribution in [0.15, 0.2) is 41.2 Å². The van der Waals surface area contributed by atoms with Gasteiger partial charge in [-0.3, -0.25) is 4.98 Å². The molecule has 1 unspecified atom stereocenters. The van der Waals surface area contributed by atoms with Crippen LogP contribution in [0.5, 0.6) is 0 Å². The monoisotopic (exact) mass is 327 g/mol. The maximum absolute atomic E-state index is 4.70. The van der Waals surface area contributed by atoms with Crippen LogP contribution in [0, 0.1) is 0 Å². The van der Waals surface area contributed by atoms with Crippen molar-refractivity contribution in [3.05, 3.63) is 57.4 Å². The van der Waals surface area contributed by atoms with Crippen molar-refractivity contribution in [1.82, 2.24) is 15.3 Å². The fourth-order valence-electron chi connectivity index (χ4n) is 2.92. The molecule has 1 N–H and O–H groups in total. The van der Waals surface area contributed by atoms with E-state index in [2.05, 4.69) is 27.1 Å². The highest BCUT2D eigenvalue weighted by atomic mass is 32.1. The van der Waals surface area contributed by atoms with Crippen molar-refractivity contribution < 1.29 is 0 Å². The van der Waals surface area contributed by atoms with E-state index in [0.29, 0.717) is 6.04 Å². The van der Waals surface area contributed by atoms with Crippen molar-refractivity contribution >= 4 is 22.7 Å². The Morgan fingerprint density at radius 3 is 3.14 bits per heavy atom. The first kappa shape index (κ1) is 14.1. The Bertz CT molecular complexity index is 748. The lowest BCUT2D eigenvalue weighted by molar-refractivity contribution is 0.461. The molecule has 3 aromatic heterocycles. The van der Waals surface area contributed by atoms with Crippen LogP contribution in [0.2, 0.25) is 0 Å². The average molecular weight is 327 g/mol. The maximum Gasteiger partial charge on any atom is 0.142 e. The van der Waals surface area contributed by atoms with Gasteiger partial charge in [-0.25, -0.2) is 4.98 Å². The zero-order chi connectivity index (χ0) is 14.8. The van der Waals surface area contributed by atoms with Crippen LogP contribution in [0.3, 0.4) is 0 Å². The molecule has 1 atom stereocenters. The highest BCUT2D eigenvalue weighted by Crippen LogP contribution is 2.33. The smallest absolute Gasteiger partial charge is 0.142 e. The minimum atomic E-state index is 0.481. The third kappa shape index (κ3) is 2.84. The summed E-state index contributed by atoms with van der Waals surface area (Å²) in [6.07, 6.45) is 5.56. The van der Waals surface area contributed by atoms with E-state index in [0.717, 1.165) is 22.9 Å². The highest BCUT2D eigenvalue weighted by molar-refractivity contribution is 7.13. The van der Waals surface area contributed by atoms with E-state index < -0.39 is 0 Å². The molecule has 112 valence electrons. The topological polar surface area (TPSA) is 37.8 Å². The van der Waals surface area contributed by atoms with E-state index in [1.165, 1.54) is 24.8 Å². The summed E-state index contributed by atoms with van der Waals surface area (Å²) in [4.78, 5) is 10.6. The lowest BCUT2D eigenvalue weighted by Gasteiger charge is -2.23. The molecule has 1 aliphatic rings. The van der Waals surface area contributed by atoms with Gasteiger partial charge >= 0.3 is 0 Å². The molecule has 0 fully saturated rings. The largest absolute Gasteiger partial charge is 0.304 e. The third-order valence-corrected chi connectivity index (χ3v) is 5.93. The Balaban J connectivity index is 1.44. The van der Waals surface area contributed by atoms with Crippen molar-refractivity contribution in [1.29, 1.82) is 0 Å². The summed E-state index contributed by atoms with van der Waals surface area (Å²) in [6, 6.07) is 8.70. The van der Waals surface area contributed by atoms with Crippen LogP contribution in [0.4, 0.5) is 0 Å². The van der Waals surface area contributed by atoms with Gasteiger partial charge in [0.25, 0.3) is 0 Å². The van der Waals surface area contributed by atoms with E-state index in [9.17, 15) is 0 Å². The van der Waals surface area contributed by atoms with Gasteiger partial charge in [0.2, 0.25) is 0 Å². The number of aryl methyl sites for hydroxylation is 1. The van der Waals surface area contributed by atoms with Crippen LogP contribution in [-0.4, -0.2) is 9.97 Å². The molecule has 5 heteroatoms. The van der Waals surface area contributed by atoms with Gasteiger partial charge in [-0.1, -0.05) is 6.07 Å². The quantitative estimate of drug-likeness (QED) is 0.770. The summed E-state index contributed by atoms with van der Waals surface area (Å²) < 4.78 is 0. The molecule has 1 aliphatic carbocycles. The molecule has 0 spiro atoms. The molecule has 0 aromatic carbocycles. The molecular formula is C17H17N3S2. The number of pyridine rings is 1. The fraction of sp³-hybridized carbons (Fsp3) is 0.294. The SMILES string of the molecule is c1ccc(-c2nc(CNC3CCCc4sccc43)cs2)nc1. The van der Waals surface area contributed by atoms with Crippen molar-refractivity contribution in [2.24, 2.45) is 0 Å². The lowest BCUT2D eigenvalue weighted by atomic mass is 9.94. The van der Waals surface area contributed by atoms with Crippen LogP contribution < -0.4 is 5.32 Å². The van der Waals surface area contributed by atoms with Crippen LogP contribution in [0.1, 0.15) is 35.0 Å². The molecule has 0 aliphatic heterocycles. The molecule has 0 amide bonds. The Hall–Kier alpha value is -1.56. The molecule has 0 radical (unpaired) electrons. The Morgan fingerprint density at radius 1 is 1.23 bits per heavy atom. The van der Waals surface area contributed by atoms with E-state index in [1.807, 2.05) is 35.7 Å². The second-order valence-electron chi connectivity index (χ2n) is 5.48. The standard InChI is InChI=1S/C17H17N3S2/c1-2-8-18-15(4-1)17-20-12(11-22-17)10-19-14-5-3-6-16-13(14)7-9-21-16/h1-2,4,7-9,11,14,19H,3,5-6,10H2. The second kappa shape index (κ2) is 6.28. The third-order valence-electron chi connectivity index (χ3n) is 4.02. The number of aromatic nitrogens is 2. The van der Waals surface area contributed by atoms with Crippen molar-refractivity contribution in [2.75, 3.05) is 0 Å². The average Bonchev–Trinajstić information content (AvgIpc) is 3.23. The molecule has 0 saturated heterocycles. The lowest BCUT2D eigenvalue weighted by Crippen LogP contribution is -2.23. The van der Waals surface area contributed by atoms with E-state index in [1.54, 1.807) is 16.2 Å². The van der Waals surface area contributed by atoms with E-state index in [4.69, 9.17) is 4.98 Å². The zero-order valence-electron chi connectivity index (χ0n) is 12.2. The molecule has 3 aromatic rings. The minimum absolute atomic E-state index is 0.481. The van der Waals surface area contributed by atoms with E-state index >= 15 is 0 Å². The van der Waals surface area contributed by atoms with Gasteiger partial charge in [0.15, 0.2) is 0 Å².